The monoisotopic (exact) mass is 220 g/mol. The van der Waals surface area contributed by atoms with Crippen molar-refractivity contribution in [2.45, 2.75) is 19.6 Å². The summed E-state index contributed by atoms with van der Waals surface area (Å²) in [6.07, 6.45) is 2.21. The van der Waals surface area contributed by atoms with Gasteiger partial charge in [0.05, 0.1) is 18.2 Å². The topological polar surface area (TPSA) is 38.0 Å². The number of aliphatic hydroxyl groups is 1. The summed E-state index contributed by atoms with van der Waals surface area (Å²) in [5, 5.41) is 10.1. The molecule has 0 aliphatic heterocycles. The summed E-state index contributed by atoms with van der Waals surface area (Å²) in [5.41, 5.74) is 0.880. The van der Waals surface area contributed by atoms with Crippen molar-refractivity contribution in [3.63, 3.8) is 0 Å². The van der Waals surface area contributed by atoms with E-state index < -0.39 is 11.9 Å². The van der Waals surface area contributed by atoms with Gasteiger partial charge < -0.3 is 9.67 Å². The Kier molecular flexibility index (Phi) is 3.01. The van der Waals surface area contributed by atoms with Gasteiger partial charge in [0.15, 0.2) is 0 Å². The number of aryl methyl sites for hydroxylation is 1. The molecule has 3 nitrogen and oxygen atoms in total. The molecule has 0 fully saturated rings. The minimum Gasteiger partial charge on any atom is -0.382 e. The highest BCUT2D eigenvalue weighted by atomic mass is 19.1. The molecule has 0 spiro atoms. The summed E-state index contributed by atoms with van der Waals surface area (Å²) in [6, 6.07) is 6.22. The summed E-state index contributed by atoms with van der Waals surface area (Å²) < 4.78 is 15.3. The molecule has 0 bridgehead atoms. The zero-order valence-electron chi connectivity index (χ0n) is 8.97. The fraction of sp³-hybridized carbons (Fsp3) is 0.250. The second kappa shape index (κ2) is 4.45. The van der Waals surface area contributed by atoms with Crippen LogP contribution >= 0.6 is 0 Å². The van der Waals surface area contributed by atoms with Gasteiger partial charge in [0, 0.05) is 12.1 Å². The average molecular weight is 220 g/mol. The lowest BCUT2D eigenvalue weighted by Crippen LogP contribution is -2.08. The van der Waals surface area contributed by atoms with Crippen LogP contribution in [-0.4, -0.2) is 14.7 Å². The van der Waals surface area contributed by atoms with Crippen LogP contribution in [0.5, 0.6) is 0 Å². The normalized spacial score (nSPS) is 12.7. The molecule has 0 aliphatic rings. The molecule has 0 saturated heterocycles. The number of benzene rings is 1. The van der Waals surface area contributed by atoms with E-state index in [1.807, 2.05) is 6.92 Å². The van der Waals surface area contributed by atoms with Gasteiger partial charge in [-0.1, -0.05) is 18.2 Å². The molecule has 1 heterocycles. The molecule has 4 heteroatoms. The SMILES string of the molecule is CCn1cncc1C(O)c1ccccc1F. The highest BCUT2D eigenvalue weighted by molar-refractivity contribution is 5.26. The van der Waals surface area contributed by atoms with E-state index in [2.05, 4.69) is 4.98 Å². The van der Waals surface area contributed by atoms with Crippen LogP contribution in [0, 0.1) is 5.82 Å². The lowest BCUT2D eigenvalue weighted by atomic mass is 10.1. The molecule has 0 radical (unpaired) electrons. The summed E-state index contributed by atoms with van der Waals surface area (Å²) in [6.45, 7) is 2.64. The van der Waals surface area contributed by atoms with Crippen molar-refractivity contribution >= 4 is 0 Å². The molecule has 1 atom stereocenters. The van der Waals surface area contributed by atoms with Gasteiger partial charge in [-0.2, -0.15) is 0 Å². The largest absolute Gasteiger partial charge is 0.382 e. The molecular formula is C12H13FN2O. The van der Waals surface area contributed by atoms with Gasteiger partial charge in [-0.25, -0.2) is 9.37 Å². The Morgan fingerprint density at radius 1 is 1.44 bits per heavy atom. The minimum atomic E-state index is -0.969. The zero-order chi connectivity index (χ0) is 11.5. The standard InChI is InChI=1S/C12H13FN2O/c1-2-15-8-14-7-11(15)12(16)9-5-3-4-6-10(9)13/h3-8,12,16H,2H2,1H3. The van der Waals surface area contributed by atoms with Crippen molar-refractivity contribution in [2.24, 2.45) is 0 Å². The van der Waals surface area contributed by atoms with E-state index in [0.29, 0.717) is 12.2 Å². The highest BCUT2D eigenvalue weighted by Crippen LogP contribution is 2.23. The Hall–Kier alpha value is -1.68. The molecule has 1 unspecified atom stereocenters. The van der Waals surface area contributed by atoms with E-state index in [0.717, 1.165) is 0 Å². The maximum atomic E-state index is 13.5. The number of rotatable bonds is 3. The van der Waals surface area contributed by atoms with Crippen LogP contribution in [0.4, 0.5) is 4.39 Å². The lowest BCUT2D eigenvalue weighted by molar-refractivity contribution is 0.205. The number of nitrogens with zero attached hydrogens (tertiary/aromatic N) is 2. The van der Waals surface area contributed by atoms with E-state index in [1.165, 1.54) is 6.07 Å². The number of hydrogen-bond donors (Lipinski definition) is 1. The number of halogens is 1. The van der Waals surface area contributed by atoms with Crippen LogP contribution in [0.15, 0.2) is 36.8 Å². The first-order valence-corrected chi connectivity index (χ1v) is 5.16. The van der Waals surface area contributed by atoms with Gasteiger partial charge >= 0.3 is 0 Å². The predicted molar refractivity (Wildman–Crippen MR) is 58.4 cm³/mol. The summed E-state index contributed by atoms with van der Waals surface area (Å²) in [5.74, 6) is -0.404. The summed E-state index contributed by atoms with van der Waals surface area (Å²) in [4.78, 5) is 3.95. The van der Waals surface area contributed by atoms with Crippen LogP contribution in [0.1, 0.15) is 24.3 Å². The van der Waals surface area contributed by atoms with Crippen molar-refractivity contribution in [1.82, 2.24) is 9.55 Å². The van der Waals surface area contributed by atoms with Crippen molar-refractivity contribution in [3.8, 4) is 0 Å². The molecule has 2 rings (SSSR count). The molecule has 1 N–H and O–H groups in total. The zero-order valence-corrected chi connectivity index (χ0v) is 8.97. The Bertz CT molecular complexity index is 481. The lowest BCUT2D eigenvalue weighted by Gasteiger charge is -2.13. The van der Waals surface area contributed by atoms with E-state index >= 15 is 0 Å². The van der Waals surface area contributed by atoms with Gasteiger partial charge in [-0.15, -0.1) is 0 Å². The van der Waals surface area contributed by atoms with Crippen molar-refractivity contribution < 1.29 is 9.50 Å². The average Bonchev–Trinajstić information content (AvgIpc) is 2.77. The number of aromatic nitrogens is 2. The fourth-order valence-corrected chi connectivity index (χ4v) is 1.68. The third-order valence-electron chi connectivity index (χ3n) is 2.57. The van der Waals surface area contributed by atoms with Gasteiger partial charge in [0.1, 0.15) is 11.9 Å². The fourth-order valence-electron chi connectivity index (χ4n) is 1.68. The molecule has 0 amide bonds. The number of hydrogen-bond acceptors (Lipinski definition) is 2. The Labute approximate surface area is 93.2 Å². The Balaban J connectivity index is 2.39. The van der Waals surface area contributed by atoms with E-state index in [1.54, 1.807) is 35.3 Å². The smallest absolute Gasteiger partial charge is 0.129 e. The van der Waals surface area contributed by atoms with Gasteiger partial charge in [-0.3, -0.25) is 0 Å². The van der Waals surface area contributed by atoms with E-state index in [4.69, 9.17) is 0 Å². The van der Waals surface area contributed by atoms with Crippen LogP contribution in [0.25, 0.3) is 0 Å². The highest BCUT2D eigenvalue weighted by Gasteiger charge is 2.17. The quantitative estimate of drug-likeness (QED) is 0.860. The molecular weight excluding hydrogens is 207 g/mol. The molecule has 0 saturated carbocycles. The van der Waals surface area contributed by atoms with Crippen LogP contribution in [0.2, 0.25) is 0 Å². The molecule has 1 aromatic heterocycles. The van der Waals surface area contributed by atoms with Crippen molar-refractivity contribution in [2.75, 3.05) is 0 Å². The maximum Gasteiger partial charge on any atom is 0.129 e. The van der Waals surface area contributed by atoms with E-state index in [9.17, 15) is 9.50 Å². The van der Waals surface area contributed by atoms with Crippen LogP contribution in [-0.2, 0) is 6.54 Å². The Morgan fingerprint density at radius 2 is 2.19 bits per heavy atom. The molecule has 84 valence electrons. The first-order valence-electron chi connectivity index (χ1n) is 5.16. The third-order valence-corrected chi connectivity index (χ3v) is 2.57. The second-order valence-corrected chi connectivity index (χ2v) is 3.53. The van der Waals surface area contributed by atoms with Crippen molar-refractivity contribution in [3.05, 3.63) is 53.9 Å². The molecule has 2 aromatic rings. The van der Waals surface area contributed by atoms with Crippen LogP contribution in [0.3, 0.4) is 0 Å². The summed E-state index contributed by atoms with van der Waals surface area (Å²) in [7, 11) is 0. The van der Waals surface area contributed by atoms with E-state index in [-0.39, 0.29) is 5.56 Å². The van der Waals surface area contributed by atoms with Gasteiger partial charge in [-0.05, 0) is 13.0 Å². The molecule has 16 heavy (non-hydrogen) atoms. The molecule has 0 aliphatic carbocycles. The minimum absolute atomic E-state index is 0.276. The third kappa shape index (κ3) is 1.84. The molecule has 1 aromatic carbocycles. The summed E-state index contributed by atoms with van der Waals surface area (Å²) >= 11 is 0. The predicted octanol–water partition coefficient (Wildman–Crippen LogP) is 2.12. The van der Waals surface area contributed by atoms with Crippen LogP contribution < -0.4 is 0 Å². The first-order chi connectivity index (χ1) is 7.74. The number of aliphatic hydroxyl groups excluding tert-OH is 1. The van der Waals surface area contributed by atoms with Crippen molar-refractivity contribution in [1.29, 1.82) is 0 Å². The van der Waals surface area contributed by atoms with Gasteiger partial charge in [0.25, 0.3) is 0 Å². The van der Waals surface area contributed by atoms with Gasteiger partial charge in [0.2, 0.25) is 0 Å². The maximum absolute atomic E-state index is 13.5. The second-order valence-electron chi connectivity index (χ2n) is 3.53. The number of imidazole rings is 1. The Morgan fingerprint density at radius 3 is 2.88 bits per heavy atom. The first kappa shape index (κ1) is 10.8.